The molecule has 0 spiro atoms. The minimum absolute atomic E-state index is 0.0758. The van der Waals surface area contributed by atoms with E-state index in [-0.39, 0.29) is 5.97 Å². The van der Waals surface area contributed by atoms with E-state index in [2.05, 4.69) is 53.4 Å². The molecule has 2 fully saturated rings. The first-order chi connectivity index (χ1) is 12.8. The van der Waals surface area contributed by atoms with Crippen LogP contribution in [0.25, 0.3) is 0 Å². The van der Waals surface area contributed by atoms with Crippen molar-refractivity contribution in [1.29, 1.82) is 0 Å². The zero-order chi connectivity index (χ0) is 17.8. The fourth-order valence-electron chi connectivity index (χ4n) is 4.38. The van der Waals surface area contributed by atoms with Gasteiger partial charge in [-0.3, -0.25) is 0 Å². The summed E-state index contributed by atoms with van der Waals surface area (Å²) >= 11 is 0. The third-order valence-corrected chi connectivity index (χ3v) is 9.75. The van der Waals surface area contributed by atoms with Gasteiger partial charge in [0, 0.05) is 0 Å². The summed E-state index contributed by atoms with van der Waals surface area (Å²) < 4.78 is 0. The molecule has 1 heterocycles. The van der Waals surface area contributed by atoms with Crippen LogP contribution in [0.15, 0.2) is 60.7 Å². The molecule has 2 aliphatic rings. The molecular formula is C22H27NO2P+. The molecule has 0 radical (unpaired) electrons. The maximum absolute atomic E-state index is 12.6. The van der Waals surface area contributed by atoms with Crippen molar-refractivity contribution in [3.05, 3.63) is 60.7 Å². The molecule has 26 heavy (non-hydrogen) atoms. The van der Waals surface area contributed by atoms with Crippen molar-refractivity contribution in [2.75, 3.05) is 6.16 Å². The Morgan fingerprint density at radius 3 is 1.81 bits per heavy atom. The van der Waals surface area contributed by atoms with Crippen molar-refractivity contribution < 1.29 is 9.63 Å². The SMILES string of the molecule is O=C1C[P+](c2ccccc2)(c2ccccc2)N(C2CCCCCCC2)O1. The van der Waals surface area contributed by atoms with E-state index in [1.807, 2.05) is 12.1 Å². The number of nitrogens with zero attached hydrogens (tertiary/aromatic N) is 1. The van der Waals surface area contributed by atoms with Crippen LogP contribution in [0.4, 0.5) is 0 Å². The van der Waals surface area contributed by atoms with Gasteiger partial charge in [0.05, 0.1) is 6.04 Å². The molecule has 0 aromatic heterocycles. The van der Waals surface area contributed by atoms with Gasteiger partial charge in [-0.2, -0.15) is 0 Å². The number of carbonyl (C=O) groups excluding carboxylic acids is 1. The molecule has 3 nitrogen and oxygen atoms in total. The maximum Gasteiger partial charge on any atom is 0.368 e. The maximum atomic E-state index is 12.6. The van der Waals surface area contributed by atoms with E-state index in [1.54, 1.807) is 0 Å². The second kappa shape index (κ2) is 7.90. The first kappa shape index (κ1) is 17.7. The number of carbonyl (C=O) groups is 1. The highest BCUT2D eigenvalue weighted by molar-refractivity contribution is 7.88. The lowest BCUT2D eigenvalue weighted by atomic mass is 9.97. The lowest BCUT2D eigenvalue weighted by molar-refractivity contribution is -0.166. The van der Waals surface area contributed by atoms with Gasteiger partial charge in [-0.1, -0.05) is 68.5 Å². The third-order valence-electron chi connectivity index (χ3n) is 5.64. The Kier molecular flexibility index (Phi) is 5.38. The zero-order valence-corrected chi connectivity index (χ0v) is 16.1. The van der Waals surface area contributed by atoms with Crippen LogP contribution in [0.5, 0.6) is 0 Å². The molecule has 2 aromatic carbocycles. The molecule has 0 bridgehead atoms. The number of benzene rings is 2. The average Bonchev–Trinajstić information content (AvgIpc) is 3.01. The first-order valence-corrected chi connectivity index (χ1v) is 11.7. The van der Waals surface area contributed by atoms with Gasteiger partial charge in [0.2, 0.25) is 7.41 Å². The molecular weight excluding hydrogens is 341 g/mol. The molecule has 4 rings (SSSR count). The fourth-order valence-corrected chi connectivity index (χ4v) is 8.42. The van der Waals surface area contributed by atoms with Gasteiger partial charge >= 0.3 is 5.97 Å². The minimum Gasteiger partial charge on any atom is -0.330 e. The van der Waals surface area contributed by atoms with Crippen LogP contribution in [-0.4, -0.2) is 23.0 Å². The number of hydroxylamine groups is 1. The lowest BCUT2D eigenvalue weighted by Crippen LogP contribution is -2.40. The van der Waals surface area contributed by atoms with Crippen LogP contribution in [0.1, 0.15) is 44.9 Å². The molecule has 0 atom stereocenters. The number of rotatable bonds is 3. The summed E-state index contributed by atoms with van der Waals surface area (Å²) in [5.41, 5.74) is 0. The molecule has 1 aliphatic carbocycles. The second-order valence-corrected chi connectivity index (χ2v) is 10.6. The van der Waals surface area contributed by atoms with Gasteiger partial charge in [0.15, 0.2) is 6.16 Å². The molecule has 1 saturated heterocycles. The van der Waals surface area contributed by atoms with Crippen LogP contribution in [-0.2, 0) is 9.63 Å². The van der Waals surface area contributed by atoms with Crippen LogP contribution < -0.4 is 10.6 Å². The monoisotopic (exact) mass is 368 g/mol. The summed E-state index contributed by atoms with van der Waals surface area (Å²) in [6.07, 6.45) is 9.09. The van der Waals surface area contributed by atoms with Crippen molar-refractivity contribution in [2.45, 2.75) is 51.0 Å². The van der Waals surface area contributed by atoms with E-state index < -0.39 is 7.41 Å². The molecule has 1 saturated carbocycles. The second-order valence-electron chi connectivity index (χ2n) is 7.36. The van der Waals surface area contributed by atoms with Gasteiger partial charge in [0.25, 0.3) is 0 Å². The van der Waals surface area contributed by atoms with Crippen molar-refractivity contribution in [2.24, 2.45) is 0 Å². The first-order valence-electron chi connectivity index (χ1n) is 9.80. The van der Waals surface area contributed by atoms with E-state index in [0.29, 0.717) is 12.2 Å². The van der Waals surface area contributed by atoms with Gasteiger partial charge in [-0.25, -0.2) is 4.79 Å². The average molecular weight is 368 g/mol. The highest BCUT2D eigenvalue weighted by atomic mass is 31.2. The predicted octanol–water partition coefficient (Wildman–Crippen LogP) is 4.46. The number of hydrogen-bond donors (Lipinski definition) is 0. The summed E-state index contributed by atoms with van der Waals surface area (Å²) in [4.78, 5) is 20.7. The van der Waals surface area contributed by atoms with E-state index in [9.17, 15) is 4.79 Å². The van der Waals surface area contributed by atoms with Crippen molar-refractivity contribution in [3.63, 3.8) is 0 Å². The van der Waals surface area contributed by atoms with Gasteiger partial charge < -0.3 is 4.84 Å². The van der Waals surface area contributed by atoms with Crippen molar-refractivity contribution >= 4 is 24.0 Å². The Labute approximate surface area is 156 Å². The topological polar surface area (TPSA) is 29.5 Å². The molecule has 2 aromatic rings. The van der Waals surface area contributed by atoms with E-state index >= 15 is 0 Å². The zero-order valence-electron chi connectivity index (χ0n) is 15.2. The van der Waals surface area contributed by atoms with Crippen molar-refractivity contribution in [3.8, 4) is 0 Å². The smallest absolute Gasteiger partial charge is 0.330 e. The molecule has 136 valence electrons. The van der Waals surface area contributed by atoms with Crippen LogP contribution in [0.2, 0.25) is 0 Å². The summed E-state index contributed by atoms with van der Waals surface area (Å²) in [5.74, 6) is -0.0758. The predicted molar refractivity (Wildman–Crippen MR) is 108 cm³/mol. The molecule has 0 N–H and O–H groups in total. The van der Waals surface area contributed by atoms with Gasteiger partial charge in [-0.05, 0) is 41.9 Å². The molecule has 0 unspecified atom stereocenters. The number of hydrogen-bond acceptors (Lipinski definition) is 3. The van der Waals surface area contributed by atoms with Crippen LogP contribution >= 0.6 is 7.41 Å². The van der Waals surface area contributed by atoms with E-state index in [4.69, 9.17) is 4.84 Å². The quantitative estimate of drug-likeness (QED) is 0.750. The highest BCUT2D eigenvalue weighted by Gasteiger charge is 2.61. The van der Waals surface area contributed by atoms with E-state index in [1.165, 1.54) is 42.7 Å². The summed E-state index contributed by atoms with van der Waals surface area (Å²) in [6, 6.07) is 21.5. The molecule has 0 amide bonds. The third kappa shape index (κ3) is 3.31. The Morgan fingerprint density at radius 1 is 0.769 bits per heavy atom. The summed E-state index contributed by atoms with van der Waals surface area (Å²) in [7, 11) is -2.06. The van der Waals surface area contributed by atoms with Crippen molar-refractivity contribution in [1.82, 2.24) is 4.83 Å². The van der Waals surface area contributed by atoms with Crippen LogP contribution in [0.3, 0.4) is 0 Å². The fraction of sp³-hybridized carbons (Fsp3) is 0.409. The Bertz CT molecular complexity index is 687. The Hall–Kier alpha value is -1.70. The minimum atomic E-state index is -2.06. The molecule has 1 aliphatic heterocycles. The lowest BCUT2D eigenvalue weighted by Gasteiger charge is -2.33. The molecule has 4 heteroatoms. The largest absolute Gasteiger partial charge is 0.368 e. The Morgan fingerprint density at radius 2 is 1.27 bits per heavy atom. The van der Waals surface area contributed by atoms with E-state index in [0.717, 1.165) is 12.8 Å². The normalized spacial score (nSPS) is 21.8. The Balaban J connectivity index is 1.81. The summed E-state index contributed by atoms with van der Waals surface area (Å²) in [6.45, 7) is 0. The van der Waals surface area contributed by atoms with Crippen LogP contribution in [0, 0.1) is 0 Å². The van der Waals surface area contributed by atoms with Gasteiger partial charge in [-0.15, -0.1) is 0 Å². The summed E-state index contributed by atoms with van der Waals surface area (Å²) in [5, 5.41) is 2.50. The highest BCUT2D eigenvalue weighted by Crippen LogP contribution is 2.64. The van der Waals surface area contributed by atoms with Gasteiger partial charge in [0.1, 0.15) is 10.6 Å². The standard InChI is InChI=1S/C22H27NO2P/c24-22-18-26(20-14-8-4-9-15-20,21-16-10-5-11-17-21)23(25-22)19-12-6-2-1-3-7-13-19/h4-5,8-11,14-17,19H,1-3,6-7,12-13,18H2/q+1.